The molecule has 0 saturated heterocycles. The zero-order valence-corrected chi connectivity index (χ0v) is 12.0. The average molecular weight is 268 g/mol. The van der Waals surface area contributed by atoms with Gasteiger partial charge in [0, 0.05) is 5.75 Å². The summed E-state index contributed by atoms with van der Waals surface area (Å²) >= 11 is 1.82. The summed E-state index contributed by atoms with van der Waals surface area (Å²) in [6, 6.07) is 10.1. The van der Waals surface area contributed by atoms with E-state index in [2.05, 4.69) is 6.92 Å². The Bertz CT molecular complexity index is 290. The lowest BCUT2D eigenvalue weighted by atomic mass is 10.2. The summed E-state index contributed by atoms with van der Waals surface area (Å²) in [7, 11) is 0. The molecule has 102 valence electrons. The second-order valence-electron chi connectivity index (χ2n) is 4.44. The van der Waals surface area contributed by atoms with Crippen molar-refractivity contribution in [3.63, 3.8) is 0 Å². The van der Waals surface area contributed by atoms with Gasteiger partial charge in [-0.25, -0.2) is 0 Å². The first-order chi connectivity index (χ1) is 8.83. The Morgan fingerprint density at radius 2 is 2.00 bits per heavy atom. The van der Waals surface area contributed by atoms with Crippen LogP contribution in [0.5, 0.6) is 0 Å². The molecule has 1 unspecified atom stereocenters. The molecule has 1 aromatic rings. The number of thioether (sulfide) groups is 1. The van der Waals surface area contributed by atoms with Gasteiger partial charge >= 0.3 is 0 Å². The summed E-state index contributed by atoms with van der Waals surface area (Å²) in [5, 5.41) is 9.74. The topological polar surface area (TPSA) is 29.5 Å². The molecule has 0 aliphatic carbocycles. The van der Waals surface area contributed by atoms with Gasteiger partial charge in [-0.05, 0) is 17.7 Å². The van der Waals surface area contributed by atoms with E-state index in [9.17, 15) is 5.11 Å². The predicted molar refractivity (Wildman–Crippen MR) is 79.0 cm³/mol. The van der Waals surface area contributed by atoms with Crippen LogP contribution in [0, 0.1) is 0 Å². The van der Waals surface area contributed by atoms with Crippen molar-refractivity contribution in [2.24, 2.45) is 0 Å². The fraction of sp³-hybridized carbons (Fsp3) is 0.600. The highest BCUT2D eigenvalue weighted by Gasteiger charge is 2.04. The molecule has 0 bridgehead atoms. The lowest BCUT2D eigenvalue weighted by Gasteiger charge is -2.11. The van der Waals surface area contributed by atoms with Gasteiger partial charge in [-0.2, -0.15) is 11.8 Å². The molecule has 0 aromatic heterocycles. The molecular weight excluding hydrogens is 244 g/mol. The fourth-order valence-corrected chi connectivity index (χ4v) is 2.55. The number of unbranched alkanes of at least 4 members (excludes halogenated alkanes) is 2. The van der Waals surface area contributed by atoms with Crippen LogP contribution in [-0.2, 0) is 11.3 Å². The van der Waals surface area contributed by atoms with Gasteiger partial charge in [-0.3, -0.25) is 0 Å². The minimum absolute atomic E-state index is 0.347. The summed E-state index contributed by atoms with van der Waals surface area (Å²) in [5.74, 6) is 1.92. The van der Waals surface area contributed by atoms with Crippen LogP contribution in [0.25, 0.3) is 0 Å². The number of ether oxygens (including phenoxy) is 1. The number of benzene rings is 1. The van der Waals surface area contributed by atoms with Gasteiger partial charge in [0.15, 0.2) is 0 Å². The third-order valence-corrected chi connectivity index (χ3v) is 3.82. The summed E-state index contributed by atoms with van der Waals surface area (Å²) < 4.78 is 5.50. The van der Waals surface area contributed by atoms with Gasteiger partial charge < -0.3 is 9.84 Å². The first-order valence-electron chi connectivity index (χ1n) is 6.70. The molecule has 18 heavy (non-hydrogen) atoms. The molecule has 0 saturated carbocycles. The summed E-state index contributed by atoms with van der Waals surface area (Å²) in [5.41, 5.74) is 1.15. The third kappa shape index (κ3) is 7.75. The Kier molecular flexibility index (Phi) is 9.00. The number of hydrogen-bond acceptors (Lipinski definition) is 3. The SMILES string of the molecule is CCCCCSCC(O)COCc1ccccc1. The quantitative estimate of drug-likeness (QED) is 0.659. The van der Waals surface area contributed by atoms with E-state index in [0.717, 1.165) is 17.1 Å². The van der Waals surface area contributed by atoms with Crippen molar-refractivity contribution in [1.29, 1.82) is 0 Å². The lowest BCUT2D eigenvalue weighted by Crippen LogP contribution is -2.18. The maximum absolute atomic E-state index is 9.74. The Morgan fingerprint density at radius 1 is 1.22 bits per heavy atom. The Labute approximate surface area is 115 Å². The summed E-state index contributed by atoms with van der Waals surface area (Å²) in [6.07, 6.45) is 3.44. The van der Waals surface area contributed by atoms with Crippen LogP contribution < -0.4 is 0 Å². The third-order valence-electron chi connectivity index (χ3n) is 2.62. The molecule has 3 heteroatoms. The van der Waals surface area contributed by atoms with Crippen LogP contribution in [0.15, 0.2) is 30.3 Å². The van der Waals surface area contributed by atoms with Gasteiger partial charge in [-0.1, -0.05) is 50.1 Å². The molecule has 1 aromatic carbocycles. The fourth-order valence-electron chi connectivity index (χ4n) is 1.61. The van der Waals surface area contributed by atoms with E-state index < -0.39 is 0 Å². The highest BCUT2D eigenvalue weighted by Crippen LogP contribution is 2.09. The van der Waals surface area contributed by atoms with Gasteiger partial charge in [0.2, 0.25) is 0 Å². The van der Waals surface area contributed by atoms with Crippen LogP contribution in [0.3, 0.4) is 0 Å². The molecule has 2 nitrogen and oxygen atoms in total. The Balaban J connectivity index is 1.98. The van der Waals surface area contributed by atoms with E-state index in [1.807, 2.05) is 42.1 Å². The largest absolute Gasteiger partial charge is 0.390 e. The van der Waals surface area contributed by atoms with Crippen LogP contribution in [-0.4, -0.2) is 29.3 Å². The summed E-state index contributed by atoms with van der Waals surface area (Å²) in [4.78, 5) is 0. The minimum atomic E-state index is -0.347. The molecule has 1 N–H and O–H groups in total. The molecule has 0 aliphatic heterocycles. The zero-order chi connectivity index (χ0) is 13.1. The predicted octanol–water partition coefficient (Wildman–Crippen LogP) is 3.49. The number of aliphatic hydroxyl groups excluding tert-OH is 1. The smallest absolute Gasteiger partial charge is 0.0863 e. The zero-order valence-electron chi connectivity index (χ0n) is 11.2. The first-order valence-corrected chi connectivity index (χ1v) is 7.86. The second kappa shape index (κ2) is 10.4. The number of aliphatic hydroxyl groups is 1. The van der Waals surface area contributed by atoms with Crippen LogP contribution in [0.4, 0.5) is 0 Å². The lowest BCUT2D eigenvalue weighted by molar-refractivity contribution is 0.0398. The average Bonchev–Trinajstić information content (AvgIpc) is 2.40. The normalized spacial score (nSPS) is 12.6. The second-order valence-corrected chi connectivity index (χ2v) is 5.59. The molecule has 0 spiro atoms. The van der Waals surface area contributed by atoms with Crippen molar-refractivity contribution in [3.05, 3.63) is 35.9 Å². The van der Waals surface area contributed by atoms with Crippen LogP contribution >= 0.6 is 11.8 Å². The van der Waals surface area contributed by atoms with Crippen molar-refractivity contribution >= 4 is 11.8 Å². The van der Waals surface area contributed by atoms with E-state index in [-0.39, 0.29) is 6.10 Å². The van der Waals surface area contributed by atoms with Gasteiger partial charge in [-0.15, -0.1) is 0 Å². The molecule has 0 aliphatic rings. The molecule has 1 rings (SSSR count). The van der Waals surface area contributed by atoms with E-state index in [1.54, 1.807) is 0 Å². The number of hydrogen-bond donors (Lipinski definition) is 1. The highest BCUT2D eigenvalue weighted by atomic mass is 32.2. The first kappa shape index (κ1) is 15.5. The van der Waals surface area contributed by atoms with E-state index in [4.69, 9.17) is 4.74 Å². The number of rotatable bonds is 10. The molecule has 0 radical (unpaired) electrons. The van der Waals surface area contributed by atoms with Crippen molar-refractivity contribution in [3.8, 4) is 0 Å². The van der Waals surface area contributed by atoms with E-state index >= 15 is 0 Å². The standard InChI is InChI=1S/C15H24O2S/c1-2-3-7-10-18-13-15(16)12-17-11-14-8-5-4-6-9-14/h4-6,8-9,15-16H,2-3,7,10-13H2,1H3. The molecule has 0 amide bonds. The molecular formula is C15H24O2S. The minimum Gasteiger partial charge on any atom is -0.390 e. The molecule has 1 atom stereocenters. The monoisotopic (exact) mass is 268 g/mol. The maximum atomic E-state index is 9.74. The van der Waals surface area contributed by atoms with E-state index in [0.29, 0.717) is 13.2 Å². The highest BCUT2D eigenvalue weighted by molar-refractivity contribution is 7.99. The Morgan fingerprint density at radius 3 is 2.72 bits per heavy atom. The van der Waals surface area contributed by atoms with Crippen molar-refractivity contribution in [2.75, 3.05) is 18.1 Å². The van der Waals surface area contributed by atoms with Crippen molar-refractivity contribution in [1.82, 2.24) is 0 Å². The molecule has 0 heterocycles. The van der Waals surface area contributed by atoms with Crippen molar-refractivity contribution < 1.29 is 9.84 Å². The van der Waals surface area contributed by atoms with E-state index in [1.165, 1.54) is 19.3 Å². The summed E-state index contributed by atoms with van der Waals surface area (Å²) in [6.45, 7) is 3.21. The van der Waals surface area contributed by atoms with Crippen LogP contribution in [0.2, 0.25) is 0 Å². The van der Waals surface area contributed by atoms with Crippen molar-refractivity contribution in [2.45, 2.75) is 38.9 Å². The van der Waals surface area contributed by atoms with Crippen LogP contribution in [0.1, 0.15) is 31.7 Å². The molecule has 0 fully saturated rings. The van der Waals surface area contributed by atoms with Gasteiger partial charge in [0.25, 0.3) is 0 Å². The van der Waals surface area contributed by atoms with Gasteiger partial charge in [0.05, 0.1) is 19.3 Å². The Hall–Kier alpha value is -0.510. The van der Waals surface area contributed by atoms with Gasteiger partial charge in [0.1, 0.15) is 0 Å². The maximum Gasteiger partial charge on any atom is 0.0863 e.